The number of amides is 1. The fraction of sp³-hybridized carbons (Fsp3) is 0.639. The summed E-state index contributed by atoms with van der Waals surface area (Å²) in [6.45, 7) is 5.82. The molecule has 5 rings (SSSR count). The van der Waals surface area contributed by atoms with Gasteiger partial charge in [0.2, 0.25) is 5.91 Å². The van der Waals surface area contributed by atoms with Gasteiger partial charge >= 0.3 is 12.4 Å². The fourth-order valence-electron chi connectivity index (χ4n) is 7.82. The van der Waals surface area contributed by atoms with E-state index in [0.29, 0.717) is 49.2 Å². The standard InChI is InChI=1S/C36H47F6N3O3/c1-47-31-9-8-27(24-32(31)48-2)34(13-19-43-17-10-30(11-18-43)44-14-5-3-6-15-44)12-4-7-16-45(25-34)33(46)22-26-20-28(35(37,38)39)23-29(21-26)36(40,41)42/h8-9,20-21,23-24,30H,3-7,10-19,22,25H2,1-2H3/t34-/m1/s1. The maximum Gasteiger partial charge on any atom is 0.416 e. The van der Waals surface area contributed by atoms with E-state index in [1.807, 2.05) is 18.2 Å². The summed E-state index contributed by atoms with van der Waals surface area (Å²) in [5.41, 5.74) is -2.67. The van der Waals surface area contributed by atoms with E-state index in [2.05, 4.69) is 9.80 Å². The summed E-state index contributed by atoms with van der Waals surface area (Å²) in [7, 11) is 3.12. The lowest BCUT2D eigenvalue weighted by atomic mass is 9.73. The zero-order chi connectivity index (χ0) is 34.5. The molecule has 12 heteroatoms. The second-order valence-corrected chi connectivity index (χ2v) is 13.6. The number of hydrogen-bond acceptors (Lipinski definition) is 5. The maximum absolute atomic E-state index is 13.8. The molecule has 0 N–H and O–H groups in total. The number of methoxy groups -OCH3 is 2. The van der Waals surface area contributed by atoms with Crippen LogP contribution in [0.5, 0.6) is 11.5 Å². The molecule has 1 amide bonds. The highest BCUT2D eigenvalue weighted by Gasteiger charge is 2.40. The molecule has 2 aromatic rings. The van der Waals surface area contributed by atoms with Crippen LogP contribution in [0, 0.1) is 0 Å². The summed E-state index contributed by atoms with van der Waals surface area (Å²) in [6.07, 6.45) is -1.44. The van der Waals surface area contributed by atoms with Crippen LogP contribution in [0.2, 0.25) is 0 Å². The smallest absolute Gasteiger partial charge is 0.416 e. The minimum atomic E-state index is -4.98. The van der Waals surface area contributed by atoms with Crippen molar-refractivity contribution in [3.05, 3.63) is 58.7 Å². The summed E-state index contributed by atoms with van der Waals surface area (Å²) < 4.78 is 92.4. The van der Waals surface area contributed by atoms with E-state index in [1.165, 1.54) is 32.4 Å². The molecule has 0 aliphatic carbocycles. The topological polar surface area (TPSA) is 45.2 Å². The molecule has 1 atom stereocenters. The van der Waals surface area contributed by atoms with E-state index in [4.69, 9.17) is 9.47 Å². The highest BCUT2D eigenvalue weighted by atomic mass is 19.4. The van der Waals surface area contributed by atoms with Crippen molar-refractivity contribution in [3.63, 3.8) is 0 Å². The Bertz CT molecular complexity index is 1350. The first kappa shape index (κ1) is 36.3. The number of alkyl halides is 6. The van der Waals surface area contributed by atoms with Crippen LogP contribution >= 0.6 is 0 Å². The predicted molar refractivity (Wildman–Crippen MR) is 171 cm³/mol. The maximum atomic E-state index is 13.8. The summed E-state index contributed by atoms with van der Waals surface area (Å²) in [5.74, 6) is 0.641. The molecule has 0 unspecified atom stereocenters. The zero-order valence-electron chi connectivity index (χ0n) is 27.9. The molecule has 3 fully saturated rings. The van der Waals surface area contributed by atoms with E-state index < -0.39 is 41.2 Å². The van der Waals surface area contributed by atoms with Crippen molar-refractivity contribution in [2.45, 2.75) is 88.0 Å². The number of rotatable bonds is 9. The van der Waals surface area contributed by atoms with Crippen molar-refractivity contribution in [1.82, 2.24) is 14.7 Å². The Labute approximate surface area is 279 Å². The Morgan fingerprint density at radius 1 is 0.792 bits per heavy atom. The second-order valence-electron chi connectivity index (χ2n) is 13.6. The second kappa shape index (κ2) is 15.3. The Morgan fingerprint density at radius 2 is 1.42 bits per heavy atom. The lowest BCUT2D eigenvalue weighted by Crippen LogP contribution is -2.48. The molecule has 0 saturated carbocycles. The number of hydrogen-bond donors (Lipinski definition) is 0. The van der Waals surface area contributed by atoms with Crippen LogP contribution in [0.3, 0.4) is 0 Å². The molecule has 3 heterocycles. The average Bonchev–Trinajstić information content (AvgIpc) is 3.30. The first-order chi connectivity index (χ1) is 22.8. The molecule has 0 bridgehead atoms. The summed E-state index contributed by atoms with van der Waals surface area (Å²) in [5, 5.41) is 0. The molecule has 3 aliphatic rings. The van der Waals surface area contributed by atoms with Gasteiger partial charge in [-0.05, 0) is 119 Å². The zero-order valence-corrected chi connectivity index (χ0v) is 27.9. The Balaban J connectivity index is 1.38. The van der Waals surface area contributed by atoms with Gasteiger partial charge in [0, 0.05) is 24.5 Å². The molecule has 48 heavy (non-hydrogen) atoms. The number of likely N-dealkylation sites (tertiary alicyclic amines) is 3. The van der Waals surface area contributed by atoms with Crippen molar-refractivity contribution in [2.24, 2.45) is 0 Å². The molecule has 3 saturated heterocycles. The number of benzene rings is 2. The largest absolute Gasteiger partial charge is 0.493 e. The van der Waals surface area contributed by atoms with Crippen LogP contribution in [-0.4, -0.2) is 86.7 Å². The van der Waals surface area contributed by atoms with Crippen molar-refractivity contribution in [2.75, 3.05) is 60.0 Å². The highest BCUT2D eigenvalue weighted by molar-refractivity contribution is 5.79. The number of halogens is 6. The van der Waals surface area contributed by atoms with Crippen LogP contribution < -0.4 is 9.47 Å². The molecule has 6 nitrogen and oxygen atoms in total. The van der Waals surface area contributed by atoms with Crippen LogP contribution in [-0.2, 0) is 29.0 Å². The first-order valence-corrected chi connectivity index (χ1v) is 17.1. The molecule has 0 radical (unpaired) electrons. The van der Waals surface area contributed by atoms with Gasteiger partial charge in [0.1, 0.15) is 0 Å². The predicted octanol–water partition coefficient (Wildman–Crippen LogP) is 7.57. The quantitative estimate of drug-likeness (QED) is 0.255. The molecule has 3 aliphatic heterocycles. The lowest BCUT2D eigenvalue weighted by Gasteiger charge is -2.42. The molecular formula is C36H47F6N3O3. The van der Waals surface area contributed by atoms with Gasteiger partial charge in [0.05, 0.1) is 31.8 Å². The molecule has 0 aromatic heterocycles. The van der Waals surface area contributed by atoms with Crippen molar-refractivity contribution >= 4 is 5.91 Å². The molecule has 266 valence electrons. The number of nitrogens with zero attached hydrogens (tertiary/aromatic N) is 3. The van der Waals surface area contributed by atoms with E-state index in [0.717, 1.165) is 57.3 Å². The molecular weight excluding hydrogens is 636 g/mol. The Kier molecular flexibility index (Phi) is 11.5. The van der Waals surface area contributed by atoms with Crippen LogP contribution in [0.4, 0.5) is 26.3 Å². The normalized spacial score (nSPS) is 22.4. The first-order valence-electron chi connectivity index (χ1n) is 17.1. The third-order valence-electron chi connectivity index (χ3n) is 10.5. The van der Waals surface area contributed by atoms with Gasteiger partial charge in [-0.1, -0.05) is 18.9 Å². The van der Waals surface area contributed by atoms with E-state index in [9.17, 15) is 31.1 Å². The van der Waals surface area contributed by atoms with Crippen molar-refractivity contribution in [3.8, 4) is 11.5 Å². The highest BCUT2D eigenvalue weighted by Crippen LogP contribution is 2.42. The minimum Gasteiger partial charge on any atom is -0.493 e. The molecule has 0 spiro atoms. The van der Waals surface area contributed by atoms with E-state index in [1.54, 1.807) is 19.1 Å². The fourth-order valence-corrected chi connectivity index (χ4v) is 7.82. The summed E-state index contributed by atoms with van der Waals surface area (Å²) >= 11 is 0. The van der Waals surface area contributed by atoms with Gasteiger partial charge in [-0.15, -0.1) is 0 Å². The van der Waals surface area contributed by atoms with E-state index >= 15 is 0 Å². The lowest BCUT2D eigenvalue weighted by molar-refractivity contribution is -0.143. The van der Waals surface area contributed by atoms with Crippen LogP contribution in [0.1, 0.15) is 80.0 Å². The Morgan fingerprint density at radius 3 is 2.02 bits per heavy atom. The van der Waals surface area contributed by atoms with Gasteiger partial charge in [-0.3, -0.25) is 4.79 Å². The van der Waals surface area contributed by atoms with Gasteiger partial charge in [-0.25, -0.2) is 0 Å². The minimum absolute atomic E-state index is 0.0946. The van der Waals surface area contributed by atoms with E-state index in [-0.39, 0.29) is 11.6 Å². The van der Waals surface area contributed by atoms with Gasteiger partial charge in [0.25, 0.3) is 0 Å². The molecule has 2 aromatic carbocycles. The van der Waals surface area contributed by atoms with Crippen LogP contribution in [0.15, 0.2) is 36.4 Å². The van der Waals surface area contributed by atoms with Crippen molar-refractivity contribution < 1.29 is 40.6 Å². The average molecular weight is 684 g/mol. The SMILES string of the molecule is COc1ccc([C@@]2(CCN3CCC(N4CCCCC4)CC3)CCCCN(C(=O)Cc3cc(C(F)(F)F)cc(C(F)(F)F)c3)C2)cc1OC. The number of ether oxygens (including phenoxy) is 2. The van der Waals surface area contributed by atoms with Crippen LogP contribution in [0.25, 0.3) is 0 Å². The Hall–Kier alpha value is -2.99. The van der Waals surface area contributed by atoms with Crippen molar-refractivity contribution in [1.29, 1.82) is 0 Å². The third-order valence-corrected chi connectivity index (χ3v) is 10.5. The number of carbonyl (C=O) groups is 1. The summed E-state index contributed by atoms with van der Waals surface area (Å²) in [4.78, 5) is 20.5. The number of carbonyl (C=O) groups excluding carboxylic acids is 1. The van der Waals surface area contributed by atoms with Gasteiger partial charge < -0.3 is 24.2 Å². The third kappa shape index (κ3) is 8.77. The monoisotopic (exact) mass is 683 g/mol. The summed E-state index contributed by atoms with van der Waals surface area (Å²) in [6, 6.07) is 7.79. The van der Waals surface area contributed by atoms with Gasteiger partial charge in [-0.2, -0.15) is 26.3 Å². The van der Waals surface area contributed by atoms with Gasteiger partial charge in [0.15, 0.2) is 11.5 Å². The number of piperidine rings is 2.